The number of aromatic nitrogens is 1. The molecule has 70 valence electrons. The van der Waals surface area contributed by atoms with E-state index in [-0.39, 0.29) is 5.56 Å². The fraction of sp³-hybridized carbons (Fsp3) is 0.250. The molecule has 0 saturated carbocycles. The fourth-order valence-electron chi connectivity index (χ4n) is 0.797. The summed E-state index contributed by atoms with van der Waals surface area (Å²) in [5.74, 6) is -0.596. The number of rotatable bonds is 3. The van der Waals surface area contributed by atoms with Crippen LogP contribution < -0.4 is 4.74 Å². The van der Waals surface area contributed by atoms with Gasteiger partial charge in [0, 0.05) is 16.7 Å². The molecule has 0 aliphatic heterocycles. The monoisotopic (exact) mass is 245 g/mol. The third-order valence-corrected chi connectivity index (χ3v) is 2.01. The number of carboxylic acid groups (broad SMARTS) is 1. The topological polar surface area (TPSA) is 59.4 Å². The second-order valence-electron chi connectivity index (χ2n) is 2.24. The van der Waals surface area contributed by atoms with Gasteiger partial charge in [-0.1, -0.05) is 0 Å². The molecule has 1 aromatic heterocycles. The summed E-state index contributed by atoms with van der Waals surface area (Å²) < 4.78 is 5.56. The largest absolute Gasteiger partial charge is 0.478 e. The van der Waals surface area contributed by atoms with E-state index in [0.29, 0.717) is 17.0 Å². The van der Waals surface area contributed by atoms with Crippen molar-refractivity contribution < 1.29 is 14.6 Å². The lowest BCUT2D eigenvalue weighted by molar-refractivity contribution is 0.0695. The molecule has 4 nitrogen and oxygen atoms in total. The van der Waals surface area contributed by atoms with Gasteiger partial charge in [0.25, 0.3) is 0 Å². The normalized spacial score (nSPS) is 9.69. The minimum Gasteiger partial charge on any atom is -0.478 e. The molecule has 0 aliphatic carbocycles. The Balaban J connectivity index is 2.98. The standard InChI is InChI=1S/C8H8BrNO3/c1-2-13-7-3-6(9)5(4-10-7)8(11)12/h3-4H,2H2,1H3,(H,11,12). The molecular formula is C8H8BrNO3. The Morgan fingerprint density at radius 3 is 2.92 bits per heavy atom. The fourth-order valence-corrected chi connectivity index (χ4v) is 1.27. The lowest BCUT2D eigenvalue weighted by atomic mass is 10.3. The van der Waals surface area contributed by atoms with Crippen molar-refractivity contribution in [3.63, 3.8) is 0 Å². The summed E-state index contributed by atoms with van der Waals surface area (Å²) in [6.45, 7) is 2.34. The van der Waals surface area contributed by atoms with E-state index in [1.54, 1.807) is 0 Å². The summed E-state index contributed by atoms with van der Waals surface area (Å²) in [5, 5.41) is 8.68. The Hall–Kier alpha value is -1.10. The third-order valence-electron chi connectivity index (χ3n) is 1.35. The molecule has 0 fully saturated rings. The quantitative estimate of drug-likeness (QED) is 0.885. The summed E-state index contributed by atoms with van der Waals surface area (Å²) in [4.78, 5) is 14.4. The molecule has 13 heavy (non-hydrogen) atoms. The van der Waals surface area contributed by atoms with Crippen molar-refractivity contribution in [2.24, 2.45) is 0 Å². The van der Waals surface area contributed by atoms with Crippen molar-refractivity contribution in [3.8, 4) is 5.88 Å². The number of aromatic carboxylic acids is 1. The van der Waals surface area contributed by atoms with Crippen LogP contribution in [0.1, 0.15) is 17.3 Å². The van der Waals surface area contributed by atoms with Crippen molar-refractivity contribution in [1.82, 2.24) is 4.98 Å². The molecule has 5 heteroatoms. The summed E-state index contributed by atoms with van der Waals surface area (Å²) in [6.07, 6.45) is 1.26. The molecule has 1 rings (SSSR count). The van der Waals surface area contributed by atoms with Gasteiger partial charge >= 0.3 is 5.97 Å². The number of carboxylic acids is 1. The Kier molecular flexibility index (Phi) is 3.25. The van der Waals surface area contributed by atoms with Gasteiger partial charge in [0.1, 0.15) is 0 Å². The summed E-state index contributed by atoms with van der Waals surface area (Å²) >= 11 is 3.12. The number of halogens is 1. The van der Waals surface area contributed by atoms with Gasteiger partial charge in [0.15, 0.2) is 0 Å². The second-order valence-corrected chi connectivity index (χ2v) is 3.09. The van der Waals surface area contributed by atoms with E-state index >= 15 is 0 Å². The molecular weight excluding hydrogens is 238 g/mol. The lowest BCUT2D eigenvalue weighted by Crippen LogP contribution is -2.01. The van der Waals surface area contributed by atoms with E-state index < -0.39 is 5.97 Å². The maximum atomic E-state index is 10.6. The predicted molar refractivity (Wildman–Crippen MR) is 50.1 cm³/mol. The van der Waals surface area contributed by atoms with Gasteiger partial charge in [-0.2, -0.15) is 0 Å². The first-order valence-electron chi connectivity index (χ1n) is 3.66. The van der Waals surface area contributed by atoms with E-state index in [0.717, 1.165) is 0 Å². The first-order valence-corrected chi connectivity index (χ1v) is 4.46. The molecule has 0 aliphatic rings. The van der Waals surface area contributed by atoms with Gasteiger partial charge in [0.05, 0.1) is 12.2 Å². The third kappa shape index (κ3) is 2.42. The molecule has 0 amide bonds. The van der Waals surface area contributed by atoms with Crippen molar-refractivity contribution in [2.75, 3.05) is 6.61 Å². The van der Waals surface area contributed by atoms with E-state index in [9.17, 15) is 4.79 Å². The van der Waals surface area contributed by atoms with Crippen molar-refractivity contribution >= 4 is 21.9 Å². The van der Waals surface area contributed by atoms with Crippen molar-refractivity contribution in [1.29, 1.82) is 0 Å². The average Bonchev–Trinajstić information content (AvgIpc) is 2.04. The number of nitrogens with zero attached hydrogens (tertiary/aromatic N) is 1. The molecule has 0 aromatic carbocycles. The van der Waals surface area contributed by atoms with Crippen molar-refractivity contribution in [3.05, 3.63) is 22.3 Å². The molecule has 1 heterocycles. The minimum atomic E-state index is -1.01. The van der Waals surface area contributed by atoms with E-state index in [4.69, 9.17) is 9.84 Å². The number of hydrogen-bond acceptors (Lipinski definition) is 3. The van der Waals surface area contributed by atoms with Crippen LogP contribution in [-0.2, 0) is 0 Å². The minimum absolute atomic E-state index is 0.128. The molecule has 0 bridgehead atoms. The van der Waals surface area contributed by atoms with Crippen LogP contribution in [0.15, 0.2) is 16.7 Å². The van der Waals surface area contributed by atoms with Crippen LogP contribution in [0.4, 0.5) is 0 Å². The van der Waals surface area contributed by atoms with Crippen molar-refractivity contribution in [2.45, 2.75) is 6.92 Å². The molecule has 0 unspecified atom stereocenters. The van der Waals surface area contributed by atoms with Crippen LogP contribution in [0.3, 0.4) is 0 Å². The second kappa shape index (κ2) is 4.23. The molecule has 1 N–H and O–H groups in total. The average molecular weight is 246 g/mol. The van der Waals surface area contributed by atoms with E-state index in [1.807, 2.05) is 6.92 Å². The smallest absolute Gasteiger partial charge is 0.338 e. The summed E-state index contributed by atoms with van der Waals surface area (Å²) in [7, 11) is 0. The Labute approximate surface area is 83.7 Å². The maximum absolute atomic E-state index is 10.6. The van der Waals surface area contributed by atoms with Gasteiger partial charge in [-0.15, -0.1) is 0 Å². The molecule has 1 aromatic rings. The number of pyridine rings is 1. The Bertz CT molecular complexity index is 327. The highest BCUT2D eigenvalue weighted by Crippen LogP contribution is 2.20. The van der Waals surface area contributed by atoms with Gasteiger partial charge in [-0.05, 0) is 22.9 Å². The predicted octanol–water partition coefficient (Wildman–Crippen LogP) is 1.94. The highest BCUT2D eigenvalue weighted by atomic mass is 79.9. The molecule has 0 radical (unpaired) electrons. The number of hydrogen-bond donors (Lipinski definition) is 1. The summed E-state index contributed by atoms with van der Waals surface area (Å²) in [6, 6.07) is 1.53. The zero-order valence-electron chi connectivity index (χ0n) is 6.95. The van der Waals surface area contributed by atoms with Crippen LogP contribution in [-0.4, -0.2) is 22.7 Å². The lowest BCUT2D eigenvalue weighted by Gasteiger charge is -2.03. The number of ether oxygens (including phenoxy) is 1. The highest BCUT2D eigenvalue weighted by Gasteiger charge is 2.09. The first-order chi connectivity index (χ1) is 6.15. The van der Waals surface area contributed by atoms with Gasteiger partial charge in [0.2, 0.25) is 5.88 Å². The molecule has 0 atom stereocenters. The Morgan fingerprint density at radius 1 is 1.77 bits per heavy atom. The maximum Gasteiger partial charge on any atom is 0.338 e. The van der Waals surface area contributed by atoms with Gasteiger partial charge in [-0.3, -0.25) is 0 Å². The zero-order chi connectivity index (χ0) is 9.84. The van der Waals surface area contributed by atoms with Gasteiger partial charge in [-0.25, -0.2) is 9.78 Å². The van der Waals surface area contributed by atoms with Crippen LogP contribution in [0.2, 0.25) is 0 Å². The zero-order valence-corrected chi connectivity index (χ0v) is 8.54. The molecule has 0 saturated heterocycles. The highest BCUT2D eigenvalue weighted by molar-refractivity contribution is 9.10. The van der Waals surface area contributed by atoms with Crippen LogP contribution in [0.25, 0.3) is 0 Å². The summed E-state index contributed by atoms with van der Waals surface area (Å²) in [5.41, 5.74) is 0.128. The van der Waals surface area contributed by atoms with Gasteiger partial charge < -0.3 is 9.84 Å². The van der Waals surface area contributed by atoms with E-state index in [2.05, 4.69) is 20.9 Å². The van der Waals surface area contributed by atoms with Crippen LogP contribution in [0, 0.1) is 0 Å². The first kappa shape index (κ1) is 9.98. The van der Waals surface area contributed by atoms with Crippen LogP contribution in [0.5, 0.6) is 5.88 Å². The SMILES string of the molecule is CCOc1cc(Br)c(C(=O)O)cn1. The van der Waals surface area contributed by atoms with Crippen LogP contribution >= 0.6 is 15.9 Å². The molecule has 0 spiro atoms. The van der Waals surface area contributed by atoms with E-state index in [1.165, 1.54) is 12.3 Å². The number of carbonyl (C=O) groups is 1. The Morgan fingerprint density at radius 2 is 2.46 bits per heavy atom.